The van der Waals surface area contributed by atoms with E-state index in [-0.39, 0.29) is 23.0 Å². The molecule has 1 N–H and O–H groups in total. The predicted octanol–water partition coefficient (Wildman–Crippen LogP) is 1.99. The van der Waals surface area contributed by atoms with Crippen LogP contribution in [0.3, 0.4) is 0 Å². The van der Waals surface area contributed by atoms with Gasteiger partial charge in [-0.3, -0.25) is 4.79 Å². The summed E-state index contributed by atoms with van der Waals surface area (Å²) >= 11 is 8.51. The van der Waals surface area contributed by atoms with Crippen molar-refractivity contribution >= 4 is 37.0 Å². The van der Waals surface area contributed by atoms with E-state index in [2.05, 4.69) is 35.6 Å². The molecule has 2 aromatic rings. The third-order valence-electron chi connectivity index (χ3n) is 2.18. The van der Waals surface area contributed by atoms with Crippen LogP contribution in [0.15, 0.2) is 48.9 Å². The number of carbonyl (C=O) groups is 1. The Morgan fingerprint density at radius 2 is 1.89 bits per heavy atom. The molecule has 2 aromatic heterocycles. The summed E-state index contributed by atoms with van der Waals surface area (Å²) in [6.45, 7) is 0. The Morgan fingerprint density at radius 3 is 2.44 bits per heavy atom. The van der Waals surface area contributed by atoms with Gasteiger partial charge >= 0.3 is 0 Å². The molecule has 2 rings (SSSR count). The summed E-state index contributed by atoms with van der Waals surface area (Å²) in [5.74, 6) is 0.108. The zero-order valence-electron chi connectivity index (χ0n) is 9.12. The van der Waals surface area contributed by atoms with Crippen LogP contribution in [0, 0.1) is 0 Å². The van der Waals surface area contributed by atoms with E-state index >= 15 is 0 Å². The van der Waals surface area contributed by atoms with Crippen LogP contribution in [0.25, 0.3) is 0 Å². The molecule has 0 aromatic carbocycles. The van der Waals surface area contributed by atoms with Gasteiger partial charge in [-0.1, -0.05) is 6.07 Å². The molecule has 0 atom stereocenters. The van der Waals surface area contributed by atoms with E-state index in [0.29, 0.717) is 5.82 Å². The summed E-state index contributed by atoms with van der Waals surface area (Å²) in [5.41, 5.74) is 0. The normalized spacial score (nSPS) is 10.6. The molecule has 99 valence electrons. The van der Waals surface area contributed by atoms with Gasteiger partial charge in [-0.2, -0.15) is 0 Å². The molecule has 1 amide bonds. The molecule has 0 fully saturated rings. The Labute approximate surface area is 126 Å². The Bertz CT molecular complexity index is 502. The van der Waals surface area contributed by atoms with Crippen molar-refractivity contribution < 1.29 is 21.9 Å². The first-order valence-electron chi connectivity index (χ1n) is 4.91. The number of hydrogen-bond donors (Lipinski definition) is 3. The smallest absolute Gasteiger partial charge is 0.272 e. The number of anilines is 1. The van der Waals surface area contributed by atoms with Gasteiger partial charge in [-0.15, -0.1) is 25.3 Å². The van der Waals surface area contributed by atoms with Crippen molar-refractivity contribution in [2.45, 2.75) is 4.20 Å². The fourth-order valence-electron chi connectivity index (χ4n) is 1.30. The molecule has 0 saturated carbocycles. The van der Waals surface area contributed by atoms with E-state index in [0.717, 1.165) is 0 Å². The molecule has 0 aliphatic heterocycles. The number of nitrogens with zero attached hydrogens (tertiary/aromatic N) is 2. The van der Waals surface area contributed by atoms with Crippen molar-refractivity contribution in [1.29, 1.82) is 0 Å². The zero-order chi connectivity index (χ0) is 12.3. The molecule has 1 radical (unpaired) electrons. The standard InChI is InChI=1S/C11H11N3OS2.Cu/c15-10(13-9-5-1-2-6-12-9)11(16,17)14-7-3-4-8-14;/h1-8,16-17H,(H,12,13,15);. The average molecular weight is 329 g/mol. The van der Waals surface area contributed by atoms with Gasteiger partial charge in [0.05, 0.1) is 0 Å². The third-order valence-corrected chi connectivity index (χ3v) is 3.04. The molecule has 2 heterocycles. The Morgan fingerprint density at radius 1 is 1.22 bits per heavy atom. The van der Waals surface area contributed by atoms with Crippen LogP contribution in [-0.2, 0) is 26.1 Å². The molecule has 0 spiro atoms. The summed E-state index contributed by atoms with van der Waals surface area (Å²) in [5, 5.41) is 2.65. The van der Waals surface area contributed by atoms with Gasteiger partial charge in [0, 0.05) is 35.7 Å². The predicted molar refractivity (Wildman–Crippen MR) is 73.2 cm³/mol. The zero-order valence-corrected chi connectivity index (χ0v) is 11.8. The molecule has 0 unspecified atom stereocenters. The molecule has 18 heavy (non-hydrogen) atoms. The van der Waals surface area contributed by atoms with Gasteiger partial charge < -0.3 is 9.88 Å². The largest absolute Gasteiger partial charge is 0.323 e. The van der Waals surface area contributed by atoms with Gasteiger partial charge in [0.25, 0.3) is 5.91 Å². The van der Waals surface area contributed by atoms with Crippen LogP contribution in [0.1, 0.15) is 0 Å². The van der Waals surface area contributed by atoms with Crippen molar-refractivity contribution in [2.75, 3.05) is 5.32 Å². The van der Waals surface area contributed by atoms with E-state index < -0.39 is 4.20 Å². The monoisotopic (exact) mass is 328 g/mol. The average Bonchev–Trinajstić information content (AvgIpc) is 2.84. The molecule has 0 aliphatic rings. The van der Waals surface area contributed by atoms with Crippen molar-refractivity contribution in [3.63, 3.8) is 0 Å². The minimum atomic E-state index is -1.25. The van der Waals surface area contributed by atoms with E-state index in [1.54, 1.807) is 53.5 Å². The second-order valence-electron chi connectivity index (χ2n) is 3.39. The van der Waals surface area contributed by atoms with E-state index in [1.165, 1.54) is 0 Å². The number of rotatable bonds is 3. The number of thiol groups is 2. The molecule has 7 heteroatoms. The summed E-state index contributed by atoms with van der Waals surface area (Å²) in [7, 11) is 0. The molecule has 4 nitrogen and oxygen atoms in total. The van der Waals surface area contributed by atoms with Crippen LogP contribution in [0.4, 0.5) is 5.82 Å². The van der Waals surface area contributed by atoms with Gasteiger partial charge in [0.1, 0.15) is 5.82 Å². The van der Waals surface area contributed by atoms with Gasteiger partial charge in [-0.25, -0.2) is 4.98 Å². The maximum atomic E-state index is 12.0. The SMILES string of the molecule is O=C(Nc1ccccn1)C(S)(S)n1cccc1.[Cu]. The van der Waals surface area contributed by atoms with Crippen molar-refractivity contribution in [1.82, 2.24) is 9.55 Å². The van der Waals surface area contributed by atoms with Gasteiger partial charge in [0.2, 0.25) is 4.20 Å². The van der Waals surface area contributed by atoms with Crippen molar-refractivity contribution in [3.05, 3.63) is 48.9 Å². The second kappa shape index (κ2) is 6.33. The summed E-state index contributed by atoms with van der Waals surface area (Å²) < 4.78 is 0.346. The van der Waals surface area contributed by atoms with Gasteiger partial charge in [-0.05, 0) is 24.3 Å². The first kappa shape index (κ1) is 15.2. The van der Waals surface area contributed by atoms with Crippen LogP contribution in [-0.4, -0.2) is 15.5 Å². The molecular weight excluding hydrogens is 318 g/mol. The number of hydrogen-bond acceptors (Lipinski definition) is 4. The number of pyridine rings is 1. The maximum absolute atomic E-state index is 12.0. The minimum Gasteiger partial charge on any atom is -0.323 e. The Kier molecular flexibility index (Phi) is 5.34. The van der Waals surface area contributed by atoms with Crippen LogP contribution in [0.5, 0.6) is 0 Å². The summed E-state index contributed by atoms with van der Waals surface area (Å²) in [6, 6.07) is 8.86. The second-order valence-corrected chi connectivity index (χ2v) is 5.04. The van der Waals surface area contributed by atoms with E-state index in [1.807, 2.05) is 0 Å². The maximum Gasteiger partial charge on any atom is 0.272 e. The Hall–Kier alpha value is -0.881. The third kappa shape index (κ3) is 3.32. The fraction of sp³-hybridized carbons (Fsp3) is 0.0909. The molecular formula is C11H11CuN3OS2. The minimum absolute atomic E-state index is 0. The van der Waals surface area contributed by atoms with E-state index in [9.17, 15) is 4.79 Å². The topological polar surface area (TPSA) is 46.9 Å². The van der Waals surface area contributed by atoms with Crippen LogP contribution < -0.4 is 5.32 Å². The van der Waals surface area contributed by atoms with Crippen LogP contribution in [0.2, 0.25) is 0 Å². The number of nitrogens with one attached hydrogen (secondary N) is 1. The molecule has 0 saturated heterocycles. The summed E-state index contributed by atoms with van der Waals surface area (Å²) in [4.78, 5) is 16.0. The first-order chi connectivity index (χ1) is 8.10. The van der Waals surface area contributed by atoms with Crippen molar-refractivity contribution in [2.24, 2.45) is 0 Å². The quantitative estimate of drug-likeness (QED) is 0.458. The van der Waals surface area contributed by atoms with E-state index in [4.69, 9.17) is 0 Å². The summed E-state index contributed by atoms with van der Waals surface area (Å²) in [6.07, 6.45) is 5.04. The molecule has 0 aliphatic carbocycles. The Balaban J connectivity index is 0.00000162. The number of amides is 1. The fourth-order valence-corrected chi connectivity index (χ4v) is 1.67. The van der Waals surface area contributed by atoms with Crippen molar-refractivity contribution in [3.8, 4) is 0 Å². The first-order valence-corrected chi connectivity index (χ1v) is 5.81. The number of carbonyl (C=O) groups excluding carboxylic acids is 1. The van der Waals surface area contributed by atoms with Crippen LogP contribution >= 0.6 is 25.3 Å². The van der Waals surface area contributed by atoms with Gasteiger partial charge in [0.15, 0.2) is 0 Å². The molecule has 0 bridgehead atoms. The number of aromatic nitrogens is 2.